The van der Waals surface area contributed by atoms with Crippen LogP contribution in [-0.4, -0.2) is 26.1 Å². The van der Waals surface area contributed by atoms with Crippen LogP contribution in [0.2, 0.25) is 0 Å². The fraction of sp³-hybridized carbons (Fsp3) is 0.611. The van der Waals surface area contributed by atoms with Crippen LogP contribution in [-0.2, 0) is 10.3 Å². The first-order valence-electron chi connectivity index (χ1n) is 8.38. The molecule has 2 saturated carbocycles. The molecule has 2 N–H and O–H groups in total. The van der Waals surface area contributed by atoms with Gasteiger partial charge in [0.2, 0.25) is 5.91 Å². The van der Waals surface area contributed by atoms with Crippen molar-refractivity contribution in [3.05, 3.63) is 29.8 Å². The zero-order chi connectivity index (χ0) is 15.4. The molecule has 1 amide bonds. The van der Waals surface area contributed by atoms with Crippen molar-refractivity contribution >= 4 is 18.3 Å². The van der Waals surface area contributed by atoms with E-state index in [0.717, 1.165) is 31.1 Å². The third kappa shape index (κ3) is 4.61. The number of benzene rings is 1. The lowest BCUT2D eigenvalue weighted by Gasteiger charge is -2.31. The second-order valence-corrected chi connectivity index (χ2v) is 6.64. The monoisotopic (exact) mass is 338 g/mol. The molecule has 4 nitrogen and oxygen atoms in total. The van der Waals surface area contributed by atoms with Gasteiger partial charge >= 0.3 is 0 Å². The van der Waals surface area contributed by atoms with Gasteiger partial charge in [-0.25, -0.2) is 0 Å². The first kappa shape index (κ1) is 18.1. The Balaban J connectivity index is 0.00000192. The molecule has 0 radical (unpaired) electrons. The van der Waals surface area contributed by atoms with Gasteiger partial charge in [-0.15, -0.1) is 12.4 Å². The summed E-state index contributed by atoms with van der Waals surface area (Å²) in [7, 11) is 1.67. The molecule has 2 fully saturated rings. The second-order valence-electron chi connectivity index (χ2n) is 6.64. The zero-order valence-corrected chi connectivity index (χ0v) is 14.6. The van der Waals surface area contributed by atoms with E-state index in [-0.39, 0.29) is 23.9 Å². The predicted molar refractivity (Wildman–Crippen MR) is 94.1 cm³/mol. The summed E-state index contributed by atoms with van der Waals surface area (Å²) in [5.41, 5.74) is 1.01. The van der Waals surface area contributed by atoms with Gasteiger partial charge in [0, 0.05) is 0 Å². The average Bonchev–Trinajstić information content (AvgIpc) is 3.24. The van der Waals surface area contributed by atoms with Crippen molar-refractivity contribution in [3.8, 4) is 5.75 Å². The smallest absolute Gasteiger partial charge is 0.234 e. The SMILES string of the molecule is COc1ccc(C2(NC(=O)CNCC3CC3)CCCC2)cc1.Cl. The van der Waals surface area contributed by atoms with E-state index < -0.39 is 0 Å². The Morgan fingerprint density at radius 2 is 1.87 bits per heavy atom. The van der Waals surface area contributed by atoms with Crippen LogP contribution in [0.5, 0.6) is 5.75 Å². The number of carbonyl (C=O) groups excluding carboxylic acids is 1. The first-order chi connectivity index (χ1) is 10.7. The summed E-state index contributed by atoms with van der Waals surface area (Å²) in [6, 6.07) is 8.13. The standard InChI is InChI=1S/C18H26N2O2.ClH/c1-22-16-8-6-15(7-9-16)18(10-2-3-11-18)20-17(21)13-19-12-14-4-5-14;/h6-9,14,19H,2-5,10-13H2,1H3,(H,20,21);1H. The molecule has 23 heavy (non-hydrogen) atoms. The quantitative estimate of drug-likeness (QED) is 0.803. The third-order valence-corrected chi connectivity index (χ3v) is 4.89. The Bertz CT molecular complexity index is 508. The Kier molecular flexibility index (Phi) is 6.31. The number of hydrogen-bond donors (Lipinski definition) is 2. The number of rotatable bonds is 7. The van der Waals surface area contributed by atoms with Crippen molar-refractivity contribution in [2.75, 3.05) is 20.2 Å². The largest absolute Gasteiger partial charge is 0.497 e. The number of halogens is 1. The van der Waals surface area contributed by atoms with Crippen LogP contribution in [0.3, 0.4) is 0 Å². The normalized spacial score (nSPS) is 19.0. The minimum absolute atomic E-state index is 0. The van der Waals surface area contributed by atoms with Crippen molar-refractivity contribution < 1.29 is 9.53 Å². The summed E-state index contributed by atoms with van der Waals surface area (Å²) in [5.74, 6) is 1.77. The molecule has 0 unspecified atom stereocenters. The molecule has 0 bridgehead atoms. The Labute approximate surface area is 144 Å². The van der Waals surface area contributed by atoms with Crippen LogP contribution in [0, 0.1) is 5.92 Å². The van der Waals surface area contributed by atoms with Gasteiger partial charge in [0.25, 0.3) is 0 Å². The molecule has 0 saturated heterocycles. The number of nitrogens with one attached hydrogen (secondary N) is 2. The molecule has 0 aliphatic heterocycles. The van der Waals surface area contributed by atoms with E-state index in [2.05, 4.69) is 22.8 Å². The van der Waals surface area contributed by atoms with E-state index >= 15 is 0 Å². The topological polar surface area (TPSA) is 50.4 Å². The number of ether oxygens (including phenoxy) is 1. The molecule has 0 aromatic heterocycles. The highest BCUT2D eigenvalue weighted by Crippen LogP contribution is 2.39. The predicted octanol–water partition coefficient (Wildman–Crippen LogP) is 3.00. The number of carbonyl (C=O) groups is 1. The maximum Gasteiger partial charge on any atom is 0.234 e. The molecule has 0 atom stereocenters. The van der Waals surface area contributed by atoms with E-state index in [1.54, 1.807) is 7.11 Å². The van der Waals surface area contributed by atoms with Gasteiger partial charge in [0.05, 0.1) is 19.2 Å². The maximum absolute atomic E-state index is 12.3. The molecule has 1 aromatic rings. The molecule has 3 rings (SSSR count). The van der Waals surface area contributed by atoms with Gasteiger partial charge in [-0.05, 0) is 55.8 Å². The number of amides is 1. The fourth-order valence-electron chi connectivity index (χ4n) is 3.40. The summed E-state index contributed by atoms with van der Waals surface area (Å²) in [5, 5.41) is 6.57. The maximum atomic E-state index is 12.3. The molecular weight excluding hydrogens is 312 g/mol. The van der Waals surface area contributed by atoms with Gasteiger partial charge in [0.1, 0.15) is 5.75 Å². The van der Waals surface area contributed by atoms with Gasteiger partial charge in [0.15, 0.2) is 0 Å². The van der Waals surface area contributed by atoms with Crippen LogP contribution in [0.15, 0.2) is 24.3 Å². The average molecular weight is 339 g/mol. The second kappa shape index (κ2) is 8.02. The fourth-order valence-corrected chi connectivity index (χ4v) is 3.40. The molecule has 0 heterocycles. The lowest BCUT2D eigenvalue weighted by Crippen LogP contribution is -2.47. The van der Waals surface area contributed by atoms with Crippen LogP contribution < -0.4 is 15.4 Å². The summed E-state index contributed by atoms with van der Waals surface area (Å²) < 4.78 is 5.23. The molecule has 128 valence electrons. The minimum Gasteiger partial charge on any atom is -0.497 e. The Morgan fingerprint density at radius 3 is 2.43 bits per heavy atom. The van der Waals surface area contributed by atoms with Crippen LogP contribution in [0.25, 0.3) is 0 Å². The zero-order valence-electron chi connectivity index (χ0n) is 13.8. The van der Waals surface area contributed by atoms with Crippen LogP contribution in [0.4, 0.5) is 0 Å². The molecule has 2 aliphatic rings. The van der Waals surface area contributed by atoms with Crippen molar-refractivity contribution in [1.29, 1.82) is 0 Å². The lowest BCUT2D eigenvalue weighted by atomic mass is 9.88. The van der Waals surface area contributed by atoms with Gasteiger partial charge in [-0.1, -0.05) is 25.0 Å². The Morgan fingerprint density at radius 1 is 1.22 bits per heavy atom. The summed E-state index contributed by atoms with van der Waals surface area (Å²) in [6.07, 6.45) is 7.00. The van der Waals surface area contributed by atoms with Crippen molar-refractivity contribution in [1.82, 2.24) is 10.6 Å². The molecule has 0 spiro atoms. The van der Waals surface area contributed by atoms with Crippen molar-refractivity contribution in [3.63, 3.8) is 0 Å². The van der Waals surface area contributed by atoms with E-state index in [4.69, 9.17) is 4.74 Å². The highest BCUT2D eigenvalue weighted by Gasteiger charge is 2.36. The lowest BCUT2D eigenvalue weighted by molar-refractivity contribution is -0.122. The number of hydrogen-bond acceptors (Lipinski definition) is 3. The van der Waals surface area contributed by atoms with Crippen LogP contribution in [0.1, 0.15) is 44.1 Å². The molecule has 5 heteroatoms. The van der Waals surface area contributed by atoms with E-state index in [1.165, 1.54) is 31.2 Å². The van der Waals surface area contributed by atoms with Crippen molar-refractivity contribution in [2.24, 2.45) is 5.92 Å². The summed E-state index contributed by atoms with van der Waals surface area (Å²) >= 11 is 0. The highest BCUT2D eigenvalue weighted by atomic mass is 35.5. The minimum atomic E-state index is -0.190. The first-order valence-corrected chi connectivity index (χ1v) is 8.38. The summed E-state index contributed by atoms with van der Waals surface area (Å²) in [6.45, 7) is 1.40. The van der Waals surface area contributed by atoms with E-state index in [1.807, 2.05) is 12.1 Å². The van der Waals surface area contributed by atoms with Gasteiger partial charge < -0.3 is 15.4 Å². The van der Waals surface area contributed by atoms with Gasteiger partial charge in [-0.2, -0.15) is 0 Å². The number of methoxy groups -OCH3 is 1. The third-order valence-electron chi connectivity index (χ3n) is 4.89. The molecule has 1 aromatic carbocycles. The molecular formula is C18H27ClN2O2. The highest BCUT2D eigenvalue weighted by molar-refractivity contribution is 5.85. The Hall–Kier alpha value is -1.26. The van der Waals surface area contributed by atoms with E-state index in [9.17, 15) is 4.79 Å². The van der Waals surface area contributed by atoms with Crippen molar-refractivity contribution in [2.45, 2.75) is 44.1 Å². The summed E-state index contributed by atoms with van der Waals surface area (Å²) in [4.78, 5) is 12.3. The van der Waals surface area contributed by atoms with Gasteiger partial charge in [-0.3, -0.25) is 4.79 Å². The van der Waals surface area contributed by atoms with E-state index in [0.29, 0.717) is 6.54 Å². The van der Waals surface area contributed by atoms with Crippen LogP contribution >= 0.6 is 12.4 Å². The molecule has 2 aliphatic carbocycles.